The Morgan fingerprint density at radius 3 is 2.48 bits per heavy atom. The zero-order valence-corrected chi connectivity index (χ0v) is 14.3. The Balaban J connectivity index is 1.46. The smallest absolute Gasteiger partial charge is 0.227 e. The molecule has 0 radical (unpaired) electrons. The van der Waals surface area contributed by atoms with Crippen LogP contribution in [0.1, 0.15) is 44.1 Å². The first kappa shape index (κ1) is 16.5. The lowest BCUT2D eigenvalue weighted by molar-refractivity contribution is -0.130. The van der Waals surface area contributed by atoms with E-state index in [1.54, 1.807) is 0 Å². The molecule has 1 saturated carbocycles. The van der Waals surface area contributed by atoms with Gasteiger partial charge >= 0.3 is 0 Å². The zero-order valence-electron chi connectivity index (χ0n) is 14.3. The van der Waals surface area contributed by atoms with E-state index in [1.807, 2.05) is 30.3 Å². The molecular weight excluding hydrogens is 284 g/mol. The third-order valence-corrected chi connectivity index (χ3v) is 5.38. The number of rotatable bonds is 4. The van der Waals surface area contributed by atoms with E-state index in [9.17, 15) is 4.79 Å². The van der Waals surface area contributed by atoms with Gasteiger partial charge in [-0.1, -0.05) is 49.6 Å². The van der Waals surface area contributed by atoms with Crippen LogP contribution >= 0.6 is 0 Å². The van der Waals surface area contributed by atoms with Gasteiger partial charge in [0.1, 0.15) is 0 Å². The Bertz CT molecular complexity index is 482. The molecule has 1 aromatic rings. The molecule has 1 saturated heterocycles. The topological polar surface area (TPSA) is 23.6 Å². The van der Waals surface area contributed by atoms with Crippen LogP contribution in [0.25, 0.3) is 0 Å². The number of carbonyl (C=O) groups excluding carboxylic acids is 1. The predicted octanol–water partition coefficient (Wildman–Crippen LogP) is 3.34. The van der Waals surface area contributed by atoms with Crippen molar-refractivity contribution in [2.75, 3.05) is 32.7 Å². The number of nitrogens with zero attached hydrogens (tertiary/aromatic N) is 2. The largest absolute Gasteiger partial charge is 0.341 e. The fourth-order valence-electron chi connectivity index (χ4n) is 4.02. The summed E-state index contributed by atoms with van der Waals surface area (Å²) < 4.78 is 0. The van der Waals surface area contributed by atoms with Crippen LogP contribution in [0.5, 0.6) is 0 Å². The summed E-state index contributed by atoms with van der Waals surface area (Å²) in [6.07, 6.45) is 8.75. The van der Waals surface area contributed by atoms with Gasteiger partial charge in [0.05, 0.1) is 6.42 Å². The van der Waals surface area contributed by atoms with E-state index in [4.69, 9.17) is 0 Å². The number of hydrogen-bond donors (Lipinski definition) is 0. The second kappa shape index (κ2) is 8.49. The molecule has 3 heteroatoms. The van der Waals surface area contributed by atoms with E-state index in [1.165, 1.54) is 38.6 Å². The van der Waals surface area contributed by atoms with Gasteiger partial charge in [0.15, 0.2) is 0 Å². The van der Waals surface area contributed by atoms with Crippen LogP contribution in [-0.2, 0) is 11.2 Å². The summed E-state index contributed by atoms with van der Waals surface area (Å²) in [5, 5.41) is 0. The molecule has 1 heterocycles. The molecule has 2 aliphatic rings. The van der Waals surface area contributed by atoms with Crippen molar-refractivity contribution in [2.24, 2.45) is 5.92 Å². The highest BCUT2D eigenvalue weighted by Crippen LogP contribution is 2.24. The molecule has 0 bridgehead atoms. The van der Waals surface area contributed by atoms with E-state index < -0.39 is 0 Å². The quantitative estimate of drug-likeness (QED) is 0.851. The standard InChI is InChI=1S/C20H30N2O/c23-20(16-18-8-3-1-4-9-18)22-13-7-12-21(14-15-22)17-19-10-5-2-6-11-19/h1,3-4,8-9,19H,2,5-7,10-17H2. The van der Waals surface area contributed by atoms with Crippen molar-refractivity contribution in [3.8, 4) is 0 Å². The van der Waals surface area contributed by atoms with Gasteiger partial charge in [0.25, 0.3) is 0 Å². The van der Waals surface area contributed by atoms with E-state index >= 15 is 0 Å². The summed E-state index contributed by atoms with van der Waals surface area (Å²) >= 11 is 0. The molecular formula is C20H30N2O. The van der Waals surface area contributed by atoms with Crippen molar-refractivity contribution < 1.29 is 4.79 Å². The molecule has 1 aliphatic heterocycles. The molecule has 0 unspecified atom stereocenters. The molecule has 3 rings (SSSR count). The van der Waals surface area contributed by atoms with Gasteiger partial charge in [-0.2, -0.15) is 0 Å². The van der Waals surface area contributed by atoms with Gasteiger partial charge in [0, 0.05) is 26.2 Å². The third-order valence-electron chi connectivity index (χ3n) is 5.38. The average molecular weight is 314 g/mol. The molecule has 1 aliphatic carbocycles. The number of amides is 1. The molecule has 1 amide bonds. The predicted molar refractivity (Wildman–Crippen MR) is 94.4 cm³/mol. The van der Waals surface area contributed by atoms with Crippen LogP contribution in [0, 0.1) is 5.92 Å². The first-order chi connectivity index (χ1) is 11.3. The zero-order chi connectivity index (χ0) is 15.9. The lowest BCUT2D eigenvalue weighted by Gasteiger charge is -2.28. The van der Waals surface area contributed by atoms with Crippen LogP contribution in [0.2, 0.25) is 0 Å². The van der Waals surface area contributed by atoms with Crippen LogP contribution in [0.15, 0.2) is 30.3 Å². The van der Waals surface area contributed by atoms with Crippen LogP contribution < -0.4 is 0 Å². The Hall–Kier alpha value is -1.35. The summed E-state index contributed by atoms with van der Waals surface area (Å²) in [5.74, 6) is 1.19. The summed E-state index contributed by atoms with van der Waals surface area (Å²) in [5.41, 5.74) is 1.13. The molecule has 126 valence electrons. The summed E-state index contributed by atoms with van der Waals surface area (Å²) in [4.78, 5) is 17.2. The highest BCUT2D eigenvalue weighted by molar-refractivity contribution is 5.78. The monoisotopic (exact) mass is 314 g/mol. The average Bonchev–Trinajstić information content (AvgIpc) is 2.82. The summed E-state index contributed by atoms with van der Waals surface area (Å²) in [7, 11) is 0. The molecule has 0 spiro atoms. The molecule has 23 heavy (non-hydrogen) atoms. The second-order valence-electron chi connectivity index (χ2n) is 7.20. The fraction of sp³-hybridized carbons (Fsp3) is 0.650. The van der Waals surface area contributed by atoms with Crippen molar-refractivity contribution in [1.29, 1.82) is 0 Å². The lowest BCUT2D eigenvalue weighted by atomic mass is 9.89. The minimum absolute atomic E-state index is 0.288. The molecule has 3 nitrogen and oxygen atoms in total. The van der Waals surface area contributed by atoms with Gasteiger partial charge in [-0.25, -0.2) is 0 Å². The highest BCUT2D eigenvalue weighted by atomic mass is 16.2. The minimum atomic E-state index is 0.288. The molecule has 0 N–H and O–H groups in total. The number of carbonyl (C=O) groups is 1. The first-order valence-corrected chi connectivity index (χ1v) is 9.35. The molecule has 0 atom stereocenters. The van der Waals surface area contributed by atoms with Gasteiger partial charge in [-0.3, -0.25) is 4.79 Å². The minimum Gasteiger partial charge on any atom is -0.341 e. The van der Waals surface area contributed by atoms with E-state index in [-0.39, 0.29) is 5.91 Å². The third kappa shape index (κ3) is 5.07. The SMILES string of the molecule is O=C(Cc1ccccc1)N1CCCN(CC2CCCCC2)CC1. The Kier molecular flexibility index (Phi) is 6.09. The Morgan fingerprint density at radius 2 is 1.70 bits per heavy atom. The lowest BCUT2D eigenvalue weighted by Crippen LogP contribution is -2.37. The van der Waals surface area contributed by atoms with Crippen LogP contribution in [-0.4, -0.2) is 48.4 Å². The van der Waals surface area contributed by atoms with Crippen LogP contribution in [0.3, 0.4) is 0 Å². The van der Waals surface area contributed by atoms with Crippen molar-refractivity contribution in [3.63, 3.8) is 0 Å². The molecule has 0 aromatic heterocycles. The van der Waals surface area contributed by atoms with E-state index in [2.05, 4.69) is 9.80 Å². The Labute approximate surface area is 140 Å². The normalized spacial score (nSPS) is 21.1. The van der Waals surface area contributed by atoms with Gasteiger partial charge in [-0.05, 0) is 37.3 Å². The summed E-state index contributed by atoms with van der Waals surface area (Å²) in [6, 6.07) is 10.1. The highest BCUT2D eigenvalue weighted by Gasteiger charge is 2.22. The van der Waals surface area contributed by atoms with E-state index in [0.29, 0.717) is 6.42 Å². The van der Waals surface area contributed by atoms with Gasteiger partial charge < -0.3 is 9.80 Å². The second-order valence-corrected chi connectivity index (χ2v) is 7.20. The number of benzene rings is 1. The van der Waals surface area contributed by atoms with E-state index in [0.717, 1.165) is 44.1 Å². The van der Waals surface area contributed by atoms with Crippen molar-refractivity contribution in [3.05, 3.63) is 35.9 Å². The molecule has 2 fully saturated rings. The maximum Gasteiger partial charge on any atom is 0.227 e. The van der Waals surface area contributed by atoms with Crippen molar-refractivity contribution in [2.45, 2.75) is 44.9 Å². The van der Waals surface area contributed by atoms with Crippen LogP contribution in [0.4, 0.5) is 0 Å². The fourth-order valence-corrected chi connectivity index (χ4v) is 4.02. The Morgan fingerprint density at radius 1 is 0.913 bits per heavy atom. The number of hydrogen-bond acceptors (Lipinski definition) is 2. The maximum absolute atomic E-state index is 12.5. The molecule has 1 aromatic carbocycles. The van der Waals surface area contributed by atoms with Gasteiger partial charge in [0.2, 0.25) is 5.91 Å². The summed E-state index contributed by atoms with van der Waals surface area (Å²) in [6.45, 7) is 5.29. The van der Waals surface area contributed by atoms with Crippen molar-refractivity contribution >= 4 is 5.91 Å². The van der Waals surface area contributed by atoms with Gasteiger partial charge in [-0.15, -0.1) is 0 Å². The maximum atomic E-state index is 12.5. The van der Waals surface area contributed by atoms with Crippen molar-refractivity contribution in [1.82, 2.24) is 9.80 Å². The first-order valence-electron chi connectivity index (χ1n) is 9.35.